The van der Waals surface area contributed by atoms with Gasteiger partial charge in [0.05, 0.1) is 18.1 Å². The Morgan fingerprint density at radius 2 is 2.14 bits per heavy atom. The molecule has 0 aliphatic carbocycles. The Hall–Kier alpha value is -1.69. The van der Waals surface area contributed by atoms with Gasteiger partial charge in [-0.05, 0) is 24.5 Å². The van der Waals surface area contributed by atoms with Crippen LogP contribution in [-0.4, -0.2) is 61.3 Å². The first-order chi connectivity index (χ1) is 13.4. The third-order valence-corrected chi connectivity index (χ3v) is 6.91. The lowest BCUT2D eigenvalue weighted by atomic mass is 9.93. The molecule has 2 heterocycles. The molecule has 1 aromatic carbocycles. The minimum Gasteiger partial charge on any atom is -0.355 e. The molecule has 2 unspecified atom stereocenters. The van der Waals surface area contributed by atoms with E-state index < -0.39 is 15.7 Å². The second-order valence-electron chi connectivity index (χ2n) is 7.01. The quantitative estimate of drug-likeness (QED) is 0.362. The van der Waals surface area contributed by atoms with Gasteiger partial charge in [0.1, 0.15) is 10.7 Å². The molecule has 160 valence electrons. The van der Waals surface area contributed by atoms with Crippen LogP contribution in [0.2, 0.25) is 0 Å². The van der Waals surface area contributed by atoms with Crippen LogP contribution in [0.5, 0.6) is 0 Å². The number of benzene rings is 1. The van der Waals surface area contributed by atoms with E-state index in [0.717, 1.165) is 25.6 Å². The molecule has 1 aromatic heterocycles. The summed E-state index contributed by atoms with van der Waals surface area (Å²) in [5.74, 6) is 0.230. The summed E-state index contributed by atoms with van der Waals surface area (Å²) in [4.78, 5) is 10.3. The standard InChI is InChI=1S/C19H26FN5O2S.HI/c1-15-7-10-24(13-17(15)25-11-8-22-14-25)19(21-2)23-9-12-28(26,27)18-6-4-3-5-16(18)20;/h3-6,8,11,14-15,17H,7,9-10,12-13H2,1-2H3,(H,21,23);1H. The van der Waals surface area contributed by atoms with Crippen molar-refractivity contribution in [3.05, 3.63) is 48.8 Å². The van der Waals surface area contributed by atoms with Gasteiger partial charge < -0.3 is 14.8 Å². The summed E-state index contributed by atoms with van der Waals surface area (Å²) in [6.45, 7) is 3.98. The molecule has 0 spiro atoms. The second-order valence-corrected chi connectivity index (χ2v) is 9.09. The number of piperidine rings is 1. The lowest BCUT2D eigenvalue weighted by molar-refractivity contribution is 0.189. The maximum atomic E-state index is 13.8. The van der Waals surface area contributed by atoms with Gasteiger partial charge in [-0.2, -0.15) is 0 Å². The molecule has 0 bridgehead atoms. The maximum Gasteiger partial charge on any atom is 0.193 e. The van der Waals surface area contributed by atoms with Crippen LogP contribution in [0.25, 0.3) is 0 Å². The van der Waals surface area contributed by atoms with Crippen molar-refractivity contribution in [3.8, 4) is 0 Å². The maximum absolute atomic E-state index is 13.8. The largest absolute Gasteiger partial charge is 0.355 e. The number of guanidine groups is 1. The van der Waals surface area contributed by atoms with Gasteiger partial charge in [0.15, 0.2) is 15.8 Å². The first-order valence-electron chi connectivity index (χ1n) is 9.32. The zero-order valence-corrected chi connectivity index (χ0v) is 19.7. The van der Waals surface area contributed by atoms with Crippen molar-refractivity contribution in [2.45, 2.75) is 24.3 Å². The SMILES string of the molecule is CN=C(NCCS(=O)(=O)c1ccccc1F)N1CCC(C)C(n2ccnc2)C1.I. The minimum atomic E-state index is -3.70. The van der Waals surface area contributed by atoms with Crippen molar-refractivity contribution in [1.82, 2.24) is 19.8 Å². The Morgan fingerprint density at radius 1 is 1.38 bits per heavy atom. The highest BCUT2D eigenvalue weighted by molar-refractivity contribution is 14.0. The van der Waals surface area contributed by atoms with E-state index in [9.17, 15) is 12.8 Å². The van der Waals surface area contributed by atoms with Crippen LogP contribution in [0, 0.1) is 11.7 Å². The number of sulfone groups is 1. The van der Waals surface area contributed by atoms with Gasteiger partial charge >= 0.3 is 0 Å². The summed E-state index contributed by atoms with van der Waals surface area (Å²) in [5, 5.41) is 3.11. The second kappa shape index (κ2) is 10.4. The van der Waals surface area contributed by atoms with Gasteiger partial charge in [-0.25, -0.2) is 17.8 Å². The molecule has 10 heteroatoms. The van der Waals surface area contributed by atoms with E-state index in [1.807, 2.05) is 12.5 Å². The Kier molecular flexibility index (Phi) is 8.44. The van der Waals surface area contributed by atoms with Crippen LogP contribution >= 0.6 is 24.0 Å². The molecule has 0 saturated carbocycles. The summed E-state index contributed by atoms with van der Waals surface area (Å²) in [6.07, 6.45) is 6.55. The van der Waals surface area contributed by atoms with Crippen LogP contribution in [0.3, 0.4) is 0 Å². The highest BCUT2D eigenvalue weighted by Crippen LogP contribution is 2.27. The molecular weight excluding hydrogens is 508 g/mol. The Morgan fingerprint density at radius 3 is 2.79 bits per heavy atom. The van der Waals surface area contributed by atoms with E-state index in [4.69, 9.17) is 0 Å². The zero-order valence-electron chi connectivity index (χ0n) is 16.5. The Bertz CT molecular complexity index is 920. The lowest BCUT2D eigenvalue weighted by Crippen LogP contribution is -2.49. The van der Waals surface area contributed by atoms with Crippen LogP contribution in [0.15, 0.2) is 52.9 Å². The summed E-state index contributed by atoms with van der Waals surface area (Å²) in [5.41, 5.74) is 0. The number of imidazole rings is 1. The highest BCUT2D eigenvalue weighted by atomic mass is 127. The average Bonchev–Trinajstić information content (AvgIpc) is 3.20. The number of aromatic nitrogens is 2. The fourth-order valence-electron chi connectivity index (χ4n) is 3.53. The highest BCUT2D eigenvalue weighted by Gasteiger charge is 2.29. The number of nitrogens with one attached hydrogen (secondary N) is 1. The van der Waals surface area contributed by atoms with Gasteiger partial charge in [-0.1, -0.05) is 19.1 Å². The van der Waals surface area contributed by atoms with E-state index in [1.165, 1.54) is 18.2 Å². The molecule has 2 aromatic rings. The molecule has 0 amide bonds. The van der Waals surface area contributed by atoms with Crippen LogP contribution in [-0.2, 0) is 9.84 Å². The van der Waals surface area contributed by atoms with Gasteiger partial charge in [0, 0.05) is 39.1 Å². The molecule has 29 heavy (non-hydrogen) atoms. The lowest BCUT2D eigenvalue weighted by Gasteiger charge is -2.39. The van der Waals surface area contributed by atoms with E-state index in [0.29, 0.717) is 11.9 Å². The molecular formula is C19H27FIN5O2S. The average molecular weight is 535 g/mol. The van der Waals surface area contributed by atoms with Crippen molar-refractivity contribution in [3.63, 3.8) is 0 Å². The molecule has 3 rings (SSSR count). The fraction of sp³-hybridized carbons (Fsp3) is 0.474. The minimum absolute atomic E-state index is 0. The van der Waals surface area contributed by atoms with Crippen LogP contribution < -0.4 is 5.32 Å². The Balaban J connectivity index is 0.00000300. The number of rotatable bonds is 5. The van der Waals surface area contributed by atoms with Crippen LogP contribution in [0.1, 0.15) is 19.4 Å². The van der Waals surface area contributed by atoms with E-state index in [1.54, 1.807) is 13.2 Å². The van der Waals surface area contributed by atoms with Crippen molar-refractivity contribution < 1.29 is 12.8 Å². The van der Waals surface area contributed by atoms with Gasteiger partial charge in [0.25, 0.3) is 0 Å². The normalized spacial score (nSPS) is 20.2. The van der Waals surface area contributed by atoms with Gasteiger partial charge in [-0.15, -0.1) is 24.0 Å². The number of aliphatic imine (C=N–C) groups is 1. The molecule has 1 aliphatic rings. The molecule has 1 N–H and O–H groups in total. The fourth-order valence-corrected chi connectivity index (χ4v) is 4.77. The van der Waals surface area contributed by atoms with Crippen molar-refractivity contribution in [2.24, 2.45) is 10.9 Å². The molecule has 1 aliphatic heterocycles. The van der Waals surface area contributed by atoms with E-state index >= 15 is 0 Å². The zero-order chi connectivity index (χ0) is 20.1. The topological polar surface area (TPSA) is 79.6 Å². The first kappa shape index (κ1) is 23.6. The molecule has 0 radical (unpaired) electrons. The van der Waals surface area contributed by atoms with Crippen molar-refractivity contribution in [1.29, 1.82) is 0 Å². The smallest absolute Gasteiger partial charge is 0.193 e. The van der Waals surface area contributed by atoms with E-state index in [2.05, 4.69) is 31.7 Å². The summed E-state index contributed by atoms with van der Waals surface area (Å²) < 4.78 is 40.7. The third kappa shape index (κ3) is 5.68. The number of nitrogens with zero attached hydrogens (tertiary/aromatic N) is 4. The molecule has 2 atom stereocenters. The predicted octanol–water partition coefficient (Wildman–Crippen LogP) is 2.57. The number of halogens is 2. The van der Waals surface area contributed by atoms with Gasteiger partial charge in [-0.3, -0.25) is 4.99 Å². The van der Waals surface area contributed by atoms with Crippen molar-refractivity contribution in [2.75, 3.05) is 32.4 Å². The molecule has 1 fully saturated rings. The first-order valence-corrected chi connectivity index (χ1v) is 11.0. The monoisotopic (exact) mass is 535 g/mol. The molecule has 7 nitrogen and oxygen atoms in total. The number of likely N-dealkylation sites (tertiary alicyclic amines) is 1. The van der Waals surface area contributed by atoms with Crippen molar-refractivity contribution >= 4 is 39.8 Å². The van der Waals surface area contributed by atoms with E-state index in [-0.39, 0.29) is 47.2 Å². The Labute approximate surface area is 188 Å². The summed E-state index contributed by atoms with van der Waals surface area (Å²) in [6, 6.07) is 5.72. The predicted molar refractivity (Wildman–Crippen MR) is 122 cm³/mol. The number of hydrogen-bond acceptors (Lipinski definition) is 4. The third-order valence-electron chi connectivity index (χ3n) is 5.16. The van der Waals surface area contributed by atoms with Crippen LogP contribution in [0.4, 0.5) is 4.39 Å². The summed E-state index contributed by atoms with van der Waals surface area (Å²) >= 11 is 0. The molecule has 1 saturated heterocycles. The van der Waals surface area contributed by atoms with Gasteiger partial charge in [0.2, 0.25) is 0 Å². The number of hydrogen-bond donors (Lipinski definition) is 1. The summed E-state index contributed by atoms with van der Waals surface area (Å²) in [7, 11) is -2.03.